The van der Waals surface area contributed by atoms with E-state index in [-0.39, 0.29) is 36.4 Å². The number of carboxylic acid groups (broad SMARTS) is 1. The highest BCUT2D eigenvalue weighted by molar-refractivity contribution is 5.95. The summed E-state index contributed by atoms with van der Waals surface area (Å²) in [7, 11) is 0. The average Bonchev–Trinajstić information content (AvgIpc) is 2.74. The molecule has 0 saturated heterocycles. The lowest BCUT2D eigenvalue weighted by molar-refractivity contribution is 0.0494. The number of furan rings is 1. The second kappa shape index (κ2) is 5.22. The zero-order valence-electron chi connectivity index (χ0n) is 9.83. The van der Waals surface area contributed by atoms with E-state index in [1.165, 1.54) is 6.07 Å². The Kier molecular flexibility index (Phi) is 3.66. The van der Waals surface area contributed by atoms with Crippen LogP contribution in [0.25, 0.3) is 0 Å². The van der Waals surface area contributed by atoms with E-state index in [0.717, 1.165) is 25.5 Å². The van der Waals surface area contributed by atoms with Crippen molar-refractivity contribution in [3.05, 3.63) is 23.7 Å². The fourth-order valence-corrected chi connectivity index (χ4v) is 1.96. The lowest BCUT2D eigenvalue weighted by Gasteiger charge is -2.36. The number of nitrogens with zero attached hydrogens (tertiary/aromatic N) is 1. The average molecular weight is 253 g/mol. The number of hydrogen-bond donors (Lipinski definition) is 2. The van der Waals surface area contributed by atoms with E-state index in [1.54, 1.807) is 4.90 Å². The van der Waals surface area contributed by atoms with Crippen molar-refractivity contribution >= 4 is 11.9 Å². The minimum Gasteiger partial charge on any atom is -0.478 e. The maximum atomic E-state index is 12.1. The van der Waals surface area contributed by atoms with E-state index in [4.69, 9.17) is 14.6 Å². The third kappa shape index (κ3) is 2.38. The highest BCUT2D eigenvalue weighted by Gasteiger charge is 2.30. The van der Waals surface area contributed by atoms with Gasteiger partial charge in [0.05, 0.1) is 12.2 Å². The van der Waals surface area contributed by atoms with E-state index in [9.17, 15) is 9.59 Å². The lowest BCUT2D eigenvalue weighted by Crippen LogP contribution is -2.45. The quantitative estimate of drug-likeness (QED) is 0.815. The molecule has 0 spiro atoms. The van der Waals surface area contributed by atoms with E-state index < -0.39 is 5.97 Å². The molecule has 1 aliphatic rings. The molecular weight excluding hydrogens is 238 g/mol. The van der Waals surface area contributed by atoms with Crippen molar-refractivity contribution in [2.24, 2.45) is 0 Å². The van der Waals surface area contributed by atoms with Gasteiger partial charge in [-0.25, -0.2) is 4.79 Å². The summed E-state index contributed by atoms with van der Waals surface area (Å²) in [6.45, 7) is 0.126. The van der Waals surface area contributed by atoms with Gasteiger partial charge >= 0.3 is 5.97 Å². The van der Waals surface area contributed by atoms with Crippen LogP contribution in [-0.2, 0) is 0 Å². The molecular formula is C12H15NO5. The molecule has 2 rings (SSSR count). The van der Waals surface area contributed by atoms with Gasteiger partial charge in [0.1, 0.15) is 6.26 Å². The predicted octanol–water partition coefficient (Wildman–Crippen LogP) is 0.965. The van der Waals surface area contributed by atoms with E-state index in [0.29, 0.717) is 0 Å². The fraction of sp³-hybridized carbons (Fsp3) is 0.500. The molecule has 0 aliphatic heterocycles. The van der Waals surface area contributed by atoms with Gasteiger partial charge < -0.3 is 19.5 Å². The number of carboxylic acids is 1. The predicted molar refractivity (Wildman–Crippen MR) is 61.4 cm³/mol. The number of amides is 1. The number of carbonyl (C=O) groups is 2. The minimum absolute atomic E-state index is 0.00718. The summed E-state index contributed by atoms with van der Waals surface area (Å²) in [4.78, 5) is 24.4. The molecule has 1 aromatic rings. The molecule has 1 amide bonds. The molecule has 0 unspecified atom stereocenters. The zero-order valence-corrected chi connectivity index (χ0v) is 9.83. The summed E-state index contributed by atoms with van der Waals surface area (Å²) in [6.07, 6.45) is 3.95. The van der Waals surface area contributed by atoms with Gasteiger partial charge in [0, 0.05) is 18.7 Å². The van der Waals surface area contributed by atoms with E-state index in [2.05, 4.69) is 0 Å². The van der Waals surface area contributed by atoms with Crippen LogP contribution in [-0.4, -0.2) is 46.2 Å². The molecule has 1 saturated carbocycles. The SMILES string of the molecule is O=C(O)c1coc(C(=O)N(CCO)C2CCC2)c1. The van der Waals surface area contributed by atoms with Gasteiger partial charge in [0.25, 0.3) is 5.91 Å². The van der Waals surface area contributed by atoms with Gasteiger partial charge in [-0.05, 0) is 19.3 Å². The fourth-order valence-electron chi connectivity index (χ4n) is 1.96. The van der Waals surface area contributed by atoms with Crippen LogP contribution in [0, 0.1) is 0 Å². The highest BCUT2D eigenvalue weighted by atomic mass is 16.4. The molecule has 6 nitrogen and oxygen atoms in total. The van der Waals surface area contributed by atoms with Crippen molar-refractivity contribution < 1.29 is 24.2 Å². The first-order valence-corrected chi connectivity index (χ1v) is 5.87. The Hall–Kier alpha value is -1.82. The molecule has 1 aromatic heterocycles. The van der Waals surface area contributed by atoms with Crippen LogP contribution in [0.4, 0.5) is 0 Å². The lowest BCUT2D eigenvalue weighted by atomic mass is 9.91. The van der Waals surface area contributed by atoms with Gasteiger partial charge in [-0.15, -0.1) is 0 Å². The van der Waals surface area contributed by atoms with Crippen LogP contribution in [0.2, 0.25) is 0 Å². The molecule has 0 radical (unpaired) electrons. The molecule has 0 atom stereocenters. The Bertz CT molecular complexity index is 449. The number of aliphatic hydroxyl groups is 1. The molecule has 0 aromatic carbocycles. The second-order valence-electron chi connectivity index (χ2n) is 4.31. The topological polar surface area (TPSA) is 91.0 Å². The number of hydrogen-bond acceptors (Lipinski definition) is 4. The van der Waals surface area contributed by atoms with Crippen molar-refractivity contribution in [3.8, 4) is 0 Å². The van der Waals surface area contributed by atoms with Crippen LogP contribution in [0.5, 0.6) is 0 Å². The maximum Gasteiger partial charge on any atom is 0.338 e. The number of rotatable bonds is 5. The Morgan fingerprint density at radius 3 is 2.61 bits per heavy atom. The first-order valence-electron chi connectivity index (χ1n) is 5.87. The van der Waals surface area contributed by atoms with Gasteiger partial charge in [-0.2, -0.15) is 0 Å². The Morgan fingerprint density at radius 1 is 1.44 bits per heavy atom. The molecule has 1 heterocycles. The highest BCUT2D eigenvalue weighted by Crippen LogP contribution is 2.26. The van der Waals surface area contributed by atoms with Crippen LogP contribution >= 0.6 is 0 Å². The van der Waals surface area contributed by atoms with Crippen molar-refractivity contribution in [2.75, 3.05) is 13.2 Å². The summed E-state index contributed by atoms with van der Waals surface area (Å²) in [5.74, 6) is -1.48. The summed E-state index contributed by atoms with van der Waals surface area (Å²) in [5, 5.41) is 17.7. The van der Waals surface area contributed by atoms with Gasteiger partial charge in [-0.1, -0.05) is 0 Å². The second-order valence-corrected chi connectivity index (χ2v) is 4.31. The Balaban J connectivity index is 2.13. The normalized spacial score (nSPS) is 15.2. The summed E-state index contributed by atoms with van der Waals surface area (Å²) in [5.41, 5.74) is -0.0455. The van der Waals surface area contributed by atoms with Crippen LogP contribution in [0.1, 0.15) is 40.2 Å². The van der Waals surface area contributed by atoms with Crippen LogP contribution in [0.15, 0.2) is 16.7 Å². The van der Waals surface area contributed by atoms with Crippen molar-refractivity contribution in [2.45, 2.75) is 25.3 Å². The monoisotopic (exact) mass is 253 g/mol. The third-order valence-corrected chi connectivity index (χ3v) is 3.17. The summed E-state index contributed by atoms with van der Waals surface area (Å²) < 4.78 is 4.98. The standard InChI is InChI=1S/C12H15NO5/c14-5-4-13(9-2-1-3-9)11(15)10-6-8(7-18-10)12(16)17/h6-7,9,14H,1-5H2,(H,16,17). The number of aliphatic hydroxyl groups excluding tert-OH is 1. The summed E-state index contributed by atoms with van der Waals surface area (Å²) in [6, 6.07) is 1.34. The molecule has 1 fully saturated rings. The smallest absolute Gasteiger partial charge is 0.338 e. The maximum absolute atomic E-state index is 12.1. The first kappa shape index (κ1) is 12.6. The first-order chi connectivity index (χ1) is 8.63. The van der Waals surface area contributed by atoms with E-state index in [1.807, 2.05) is 0 Å². The number of aromatic carboxylic acids is 1. The molecule has 18 heavy (non-hydrogen) atoms. The van der Waals surface area contributed by atoms with Crippen LogP contribution in [0.3, 0.4) is 0 Å². The van der Waals surface area contributed by atoms with Crippen molar-refractivity contribution in [1.29, 1.82) is 0 Å². The van der Waals surface area contributed by atoms with E-state index >= 15 is 0 Å². The zero-order chi connectivity index (χ0) is 13.1. The van der Waals surface area contributed by atoms with Gasteiger partial charge in [0.15, 0.2) is 5.76 Å². The molecule has 6 heteroatoms. The summed E-state index contributed by atoms with van der Waals surface area (Å²) >= 11 is 0. The Labute approximate surface area is 104 Å². The largest absolute Gasteiger partial charge is 0.478 e. The van der Waals surface area contributed by atoms with Crippen molar-refractivity contribution in [3.63, 3.8) is 0 Å². The molecule has 1 aliphatic carbocycles. The number of carbonyl (C=O) groups excluding carboxylic acids is 1. The van der Waals surface area contributed by atoms with Gasteiger partial charge in [-0.3, -0.25) is 4.79 Å². The van der Waals surface area contributed by atoms with Crippen LogP contribution < -0.4 is 0 Å². The Morgan fingerprint density at radius 2 is 2.17 bits per heavy atom. The molecule has 0 bridgehead atoms. The minimum atomic E-state index is -1.13. The molecule has 2 N–H and O–H groups in total. The van der Waals surface area contributed by atoms with Crippen molar-refractivity contribution in [1.82, 2.24) is 4.90 Å². The molecule has 98 valence electrons. The van der Waals surface area contributed by atoms with Gasteiger partial charge in [0.2, 0.25) is 0 Å². The third-order valence-electron chi connectivity index (χ3n) is 3.17.